The van der Waals surface area contributed by atoms with Crippen LogP contribution in [0.4, 0.5) is 5.69 Å². The highest BCUT2D eigenvalue weighted by atomic mass is 79.9. The first kappa shape index (κ1) is 12.9. The number of hydrogen-bond donors (Lipinski definition) is 1. The topological polar surface area (TPSA) is 46.4 Å². The van der Waals surface area contributed by atoms with Crippen LogP contribution in [0.25, 0.3) is 5.65 Å². The van der Waals surface area contributed by atoms with Gasteiger partial charge in [0.15, 0.2) is 0 Å². The van der Waals surface area contributed by atoms with Crippen molar-refractivity contribution in [3.05, 3.63) is 64.5 Å². The number of hydrogen-bond acceptors (Lipinski definition) is 2. The standard InChI is InChI=1S/C15H12BrN3O/c1-10-8-19-9-11(6-7-14(19)17-10)18-15(20)12-4-2-3-5-13(12)16/h2-9H,1H3,(H,18,20). The Kier molecular flexibility index (Phi) is 3.28. The number of carbonyl (C=O) groups excluding carboxylic acids is 1. The number of rotatable bonds is 2. The lowest BCUT2D eigenvalue weighted by molar-refractivity contribution is 0.102. The molecule has 3 aromatic rings. The van der Waals surface area contributed by atoms with Crippen molar-refractivity contribution < 1.29 is 4.79 Å². The smallest absolute Gasteiger partial charge is 0.256 e. The minimum Gasteiger partial charge on any atom is -0.321 e. The van der Waals surface area contributed by atoms with Gasteiger partial charge >= 0.3 is 0 Å². The van der Waals surface area contributed by atoms with Gasteiger partial charge in [-0.25, -0.2) is 4.98 Å². The monoisotopic (exact) mass is 329 g/mol. The summed E-state index contributed by atoms with van der Waals surface area (Å²) in [6.07, 6.45) is 3.77. The zero-order chi connectivity index (χ0) is 14.1. The SMILES string of the molecule is Cc1cn2cc(NC(=O)c3ccccc3Br)ccc2n1. The van der Waals surface area contributed by atoms with E-state index in [-0.39, 0.29) is 5.91 Å². The van der Waals surface area contributed by atoms with E-state index < -0.39 is 0 Å². The molecule has 3 rings (SSSR count). The van der Waals surface area contributed by atoms with Crippen molar-refractivity contribution in [1.82, 2.24) is 9.38 Å². The summed E-state index contributed by atoms with van der Waals surface area (Å²) in [5.41, 5.74) is 3.14. The number of carbonyl (C=O) groups is 1. The highest BCUT2D eigenvalue weighted by Crippen LogP contribution is 2.18. The third-order valence-electron chi connectivity index (χ3n) is 2.95. The summed E-state index contributed by atoms with van der Waals surface area (Å²) in [5.74, 6) is -0.145. The molecule has 0 aliphatic rings. The molecule has 0 aliphatic carbocycles. The Morgan fingerprint density at radius 2 is 2.00 bits per heavy atom. The largest absolute Gasteiger partial charge is 0.321 e. The first-order chi connectivity index (χ1) is 9.63. The van der Waals surface area contributed by atoms with Gasteiger partial charge in [0.05, 0.1) is 16.9 Å². The lowest BCUT2D eigenvalue weighted by Gasteiger charge is -2.07. The second-order valence-corrected chi connectivity index (χ2v) is 5.35. The van der Waals surface area contributed by atoms with Crippen LogP contribution in [0.3, 0.4) is 0 Å². The normalized spacial score (nSPS) is 10.7. The molecule has 2 aromatic heterocycles. The van der Waals surface area contributed by atoms with Crippen molar-refractivity contribution >= 4 is 33.2 Å². The van der Waals surface area contributed by atoms with Gasteiger partial charge in [-0.2, -0.15) is 0 Å². The predicted molar refractivity (Wildman–Crippen MR) is 82.0 cm³/mol. The summed E-state index contributed by atoms with van der Waals surface area (Å²) >= 11 is 3.38. The van der Waals surface area contributed by atoms with Gasteiger partial charge in [-0.3, -0.25) is 4.79 Å². The van der Waals surface area contributed by atoms with Crippen molar-refractivity contribution in [2.45, 2.75) is 6.92 Å². The number of nitrogens with one attached hydrogen (secondary N) is 1. The second kappa shape index (κ2) is 5.09. The van der Waals surface area contributed by atoms with Crippen LogP contribution in [0.5, 0.6) is 0 Å². The molecule has 0 aliphatic heterocycles. The molecule has 0 bridgehead atoms. The maximum Gasteiger partial charge on any atom is 0.256 e. The number of aryl methyl sites for hydroxylation is 1. The molecule has 20 heavy (non-hydrogen) atoms. The molecule has 0 saturated carbocycles. The highest BCUT2D eigenvalue weighted by molar-refractivity contribution is 9.10. The minimum absolute atomic E-state index is 0.145. The van der Waals surface area contributed by atoms with E-state index in [0.29, 0.717) is 5.56 Å². The maximum absolute atomic E-state index is 12.2. The summed E-state index contributed by atoms with van der Waals surface area (Å²) < 4.78 is 2.67. The van der Waals surface area contributed by atoms with Crippen molar-refractivity contribution in [2.75, 3.05) is 5.32 Å². The van der Waals surface area contributed by atoms with Crippen molar-refractivity contribution in [2.24, 2.45) is 0 Å². The van der Waals surface area contributed by atoms with Crippen molar-refractivity contribution in [3.63, 3.8) is 0 Å². The molecular formula is C15H12BrN3O. The molecule has 0 atom stereocenters. The van der Waals surface area contributed by atoms with E-state index >= 15 is 0 Å². The van der Waals surface area contributed by atoms with Crippen molar-refractivity contribution in [1.29, 1.82) is 0 Å². The summed E-state index contributed by atoms with van der Waals surface area (Å²) in [7, 11) is 0. The Hall–Kier alpha value is -2.14. The quantitative estimate of drug-likeness (QED) is 0.779. The number of imidazole rings is 1. The van der Waals surface area contributed by atoms with Crippen LogP contribution in [-0.2, 0) is 0 Å². The summed E-state index contributed by atoms with van der Waals surface area (Å²) in [6.45, 7) is 1.94. The molecule has 1 amide bonds. The number of pyridine rings is 1. The molecule has 1 N–H and O–H groups in total. The Labute approximate surface area is 124 Å². The number of fused-ring (bicyclic) bond motifs is 1. The predicted octanol–water partition coefficient (Wildman–Crippen LogP) is 3.66. The Morgan fingerprint density at radius 3 is 2.80 bits per heavy atom. The molecule has 2 heterocycles. The number of nitrogens with zero attached hydrogens (tertiary/aromatic N) is 2. The van der Waals surface area contributed by atoms with Crippen LogP contribution in [0.2, 0.25) is 0 Å². The third kappa shape index (κ3) is 2.44. The summed E-state index contributed by atoms with van der Waals surface area (Å²) in [5, 5.41) is 2.88. The first-order valence-electron chi connectivity index (χ1n) is 6.15. The summed E-state index contributed by atoms with van der Waals surface area (Å²) in [4.78, 5) is 16.6. The zero-order valence-corrected chi connectivity index (χ0v) is 12.4. The fraction of sp³-hybridized carbons (Fsp3) is 0.0667. The highest BCUT2D eigenvalue weighted by Gasteiger charge is 2.09. The van der Waals surface area contributed by atoms with Crippen LogP contribution in [-0.4, -0.2) is 15.3 Å². The number of benzene rings is 1. The van der Waals surface area contributed by atoms with E-state index in [4.69, 9.17) is 0 Å². The molecule has 100 valence electrons. The van der Waals surface area contributed by atoms with Gasteiger partial charge in [0.25, 0.3) is 5.91 Å². The maximum atomic E-state index is 12.2. The molecular weight excluding hydrogens is 318 g/mol. The minimum atomic E-state index is -0.145. The number of aromatic nitrogens is 2. The van der Waals surface area contributed by atoms with E-state index in [2.05, 4.69) is 26.2 Å². The fourth-order valence-corrected chi connectivity index (χ4v) is 2.50. The summed E-state index contributed by atoms with van der Waals surface area (Å²) in [6, 6.07) is 11.1. The van der Waals surface area contributed by atoms with E-state index in [1.807, 2.05) is 54.0 Å². The van der Waals surface area contributed by atoms with Gasteiger partial charge in [-0.05, 0) is 47.1 Å². The average Bonchev–Trinajstić information content (AvgIpc) is 2.78. The van der Waals surface area contributed by atoms with Crippen LogP contribution < -0.4 is 5.32 Å². The number of anilines is 1. The van der Waals surface area contributed by atoms with E-state index in [1.54, 1.807) is 6.07 Å². The van der Waals surface area contributed by atoms with Gasteiger partial charge in [0.1, 0.15) is 5.65 Å². The Balaban J connectivity index is 1.89. The van der Waals surface area contributed by atoms with E-state index in [0.717, 1.165) is 21.5 Å². The Morgan fingerprint density at radius 1 is 1.20 bits per heavy atom. The molecule has 5 heteroatoms. The third-order valence-corrected chi connectivity index (χ3v) is 3.64. The first-order valence-corrected chi connectivity index (χ1v) is 6.94. The van der Waals surface area contributed by atoms with Gasteiger partial charge in [-0.1, -0.05) is 12.1 Å². The fourth-order valence-electron chi connectivity index (χ4n) is 2.04. The second-order valence-electron chi connectivity index (χ2n) is 4.50. The number of amides is 1. The molecule has 0 fully saturated rings. The zero-order valence-electron chi connectivity index (χ0n) is 10.8. The van der Waals surface area contributed by atoms with Crippen molar-refractivity contribution in [3.8, 4) is 0 Å². The van der Waals surface area contributed by atoms with Gasteiger partial charge in [-0.15, -0.1) is 0 Å². The molecule has 0 spiro atoms. The van der Waals surface area contributed by atoms with Crippen LogP contribution in [0, 0.1) is 6.92 Å². The lowest BCUT2D eigenvalue weighted by atomic mass is 10.2. The Bertz CT molecular complexity index is 795. The number of halogens is 1. The lowest BCUT2D eigenvalue weighted by Crippen LogP contribution is -2.12. The van der Waals surface area contributed by atoms with Gasteiger partial charge in [0.2, 0.25) is 0 Å². The molecule has 0 radical (unpaired) electrons. The molecule has 0 saturated heterocycles. The molecule has 0 unspecified atom stereocenters. The molecule has 1 aromatic carbocycles. The molecule has 4 nitrogen and oxygen atoms in total. The van der Waals surface area contributed by atoms with E-state index in [9.17, 15) is 4.79 Å². The average molecular weight is 330 g/mol. The van der Waals surface area contributed by atoms with E-state index in [1.165, 1.54) is 0 Å². The van der Waals surface area contributed by atoms with Crippen LogP contribution in [0.1, 0.15) is 16.1 Å². The van der Waals surface area contributed by atoms with Crippen LogP contribution >= 0.6 is 15.9 Å². The van der Waals surface area contributed by atoms with Gasteiger partial charge in [0, 0.05) is 16.9 Å². The van der Waals surface area contributed by atoms with Gasteiger partial charge < -0.3 is 9.72 Å². The van der Waals surface area contributed by atoms with Crippen LogP contribution in [0.15, 0.2) is 53.3 Å².